The van der Waals surface area contributed by atoms with E-state index in [1.54, 1.807) is 6.08 Å². The Hall–Kier alpha value is -3.59. The second kappa shape index (κ2) is 9.07. The number of rotatable bonds is 6. The van der Waals surface area contributed by atoms with E-state index in [2.05, 4.69) is 25.1 Å². The minimum atomic E-state index is -0.956. The van der Waals surface area contributed by atoms with Crippen LogP contribution in [0.2, 0.25) is 0 Å². The van der Waals surface area contributed by atoms with E-state index in [0.717, 1.165) is 46.0 Å². The second-order valence-corrected chi connectivity index (χ2v) is 6.94. The SMILES string of the molecule is CCC(=C(c1ccc(C=CC(=O)O)cc1)c1ccc(C)c(N)c1)c1ccccc1. The summed E-state index contributed by atoms with van der Waals surface area (Å²) in [6.07, 6.45) is 3.61. The fourth-order valence-electron chi connectivity index (χ4n) is 3.40. The summed E-state index contributed by atoms with van der Waals surface area (Å²) in [6, 6.07) is 24.5. The Morgan fingerprint density at radius 1 is 0.931 bits per heavy atom. The summed E-state index contributed by atoms with van der Waals surface area (Å²) in [7, 11) is 0. The average molecular weight is 383 g/mol. The third-order valence-electron chi connectivity index (χ3n) is 4.96. The van der Waals surface area contributed by atoms with Crippen molar-refractivity contribution in [2.24, 2.45) is 0 Å². The number of carboxylic acids is 1. The number of hydrogen-bond acceptors (Lipinski definition) is 2. The average Bonchev–Trinajstić information content (AvgIpc) is 2.73. The molecular weight excluding hydrogens is 358 g/mol. The van der Waals surface area contributed by atoms with Crippen molar-refractivity contribution in [1.29, 1.82) is 0 Å². The molecule has 0 unspecified atom stereocenters. The molecule has 3 N–H and O–H groups in total. The number of carboxylic acid groups (broad SMARTS) is 1. The molecule has 0 aromatic heterocycles. The quantitative estimate of drug-likeness (QED) is 0.310. The van der Waals surface area contributed by atoms with Crippen LogP contribution in [0.3, 0.4) is 0 Å². The first-order chi connectivity index (χ1) is 14.0. The normalized spacial score (nSPS) is 12.1. The summed E-state index contributed by atoms with van der Waals surface area (Å²) in [5.74, 6) is -0.956. The topological polar surface area (TPSA) is 63.3 Å². The molecule has 0 aliphatic carbocycles. The monoisotopic (exact) mass is 383 g/mol. The molecule has 0 spiro atoms. The third kappa shape index (κ3) is 4.82. The zero-order chi connectivity index (χ0) is 20.8. The van der Waals surface area contributed by atoms with Crippen molar-refractivity contribution in [2.75, 3.05) is 5.73 Å². The van der Waals surface area contributed by atoms with Crippen LogP contribution in [-0.2, 0) is 4.79 Å². The molecule has 3 aromatic rings. The highest BCUT2D eigenvalue weighted by Gasteiger charge is 2.13. The fourth-order valence-corrected chi connectivity index (χ4v) is 3.40. The lowest BCUT2D eigenvalue weighted by atomic mass is 9.87. The lowest BCUT2D eigenvalue weighted by molar-refractivity contribution is -0.131. The second-order valence-electron chi connectivity index (χ2n) is 6.94. The smallest absolute Gasteiger partial charge is 0.328 e. The van der Waals surface area contributed by atoms with Gasteiger partial charge in [-0.25, -0.2) is 4.79 Å². The number of carbonyl (C=O) groups is 1. The van der Waals surface area contributed by atoms with Crippen molar-refractivity contribution in [3.63, 3.8) is 0 Å². The molecule has 0 heterocycles. The van der Waals surface area contributed by atoms with Crippen LogP contribution in [0.4, 0.5) is 5.69 Å². The lowest BCUT2D eigenvalue weighted by Gasteiger charge is -2.17. The summed E-state index contributed by atoms with van der Waals surface area (Å²) in [5, 5.41) is 8.84. The summed E-state index contributed by atoms with van der Waals surface area (Å²) < 4.78 is 0. The van der Waals surface area contributed by atoms with Crippen LogP contribution >= 0.6 is 0 Å². The van der Waals surface area contributed by atoms with Crippen LogP contribution in [0, 0.1) is 6.92 Å². The summed E-state index contributed by atoms with van der Waals surface area (Å²) in [6.45, 7) is 4.16. The Kier molecular flexibility index (Phi) is 6.30. The third-order valence-corrected chi connectivity index (χ3v) is 4.96. The van der Waals surface area contributed by atoms with Crippen LogP contribution in [0.5, 0.6) is 0 Å². The van der Waals surface area contributed by atoms with E-state index in [1.807, 2.05) is 61.5 Å². The molecular formula is C26H25NO2. The maximum atomic E-state index is 10.8. The van der Waals surface area contributed by atoms with Gasteiger partial charge in [-0.2, -0.15) is 0 Å². The number of aliphatic carboxylic acids is 1. The first kappa shape index (κ1) is 20.2. The molecule has 0 atom stereocenters. The van der Waals surface area contributed by atoms with Crippen molar-refractivity contribution < 1.29 is 9.90 Å². The minimum absolute atomic E-state index is 0.768. The molecule has 0 aliphatic rings. The van der Waals surface area contributed by atoms with Crippen molar-refractivity contribution in [3.8, 4) is 0 Å². The van der Waals surface area contributed by atoms with E-state index in [1.165, 1.54) is 11.1 Å². The van der Waals surface area contributed by atoms with Gasteiger partial charge in [0.1, 0.15) is 0 Å². The zero-order valence-corrected chi connectivity index (χ0v) is 16.7. The molecule has 0 saturated heterocycles. The highest BCUT2D eigenvalue weighted by molar-refractivity contribution is 5.99. The van der Waals surface area contributed by atoms with E-state index in [0.29, 0.717) is 0 Å². The number of anilines is 1. The van der Waals surface area contributed by atoms with Crippen molar-refractivity contribution >= 4 is 28.9 Å². The predicted molar refractivity (Wildman–Crippen MR) is 121 cm³/mol. The van der Waals surface area contributed by atoms with E-state index in [4.69, 9.17) is 10.8 Å². The molecule has 3 aromatic carbocycles. The predicted octanol–water partition coefficient (Wildman–Crippen LogP) is 6.04. The van der Waals surface area contributed by atoms with E-state index < -0.39 is 5.97 Å². The molecule has 29 heavy (non-hydrogen) atoms. The van der Waals surface area contributed by atoms with Gasteiger partial charge in [-0.05, 0) is 64.5 Å². The largest absolute Gasteiger partial charge is 0.478 e. The molecule has 3 nitrogen and oxygen atoms in total. The Labute approximate surface area is 171 Å². The molecule has 0 radical (unpaired) electrons. The molecule has 0 saturated carbocycles. The van der Waals surface area contributed by atoms with Crippen LogP contribution in [0.25, 0.3) is 17.2 Å². The number of aryl methyl sites for hydroxylation is 1. The summed E-state index contributed by atoms with van der Waals surface area (Å²) in [4.78, 5) is 10.8. The van der Waals surface area contributed by atoms with Gasteiger partial charge in [0.15, 0.2) is 0 Å². The minimum Gasteiger partial charge on any atom is -0.478 e. The lowest BCUT2D eigenvalue weighted by Crippen LogP contribution is -1.98. The Morgan fingerprint density at radius 2 is 1.59 bits per heavy atom. The first-order valence-electron chi connectivity index (χ1n) is 9.66. The molecule has 0 bridgehead atoms. The van der Waals surface area contributed by atoms with Gasteiger partial charge in [0.2, 0.25) is 0 Å². The first-order valence-corrected chi connectivity index (χ1v) is 9.66. The van der Waals surface area contributed by atoms with Gasteiger partial charge in [0, 0.05) is 11.8 Å². The summed E-state index contributed by atoms with van der Waals surface area (Å²) >= 11 is 0. The maximum absolute atomic E-state index is 10.8. The number of nitrogens with two attached hydrogens (primary N) is 1. The standard InChI is InChI=1S/C26H25NO2/c1-3-23(20-7-5-4-6-8-20)26(22-13-9-18(2)24(27)17-22)21-14-10-19(11-15-21)12-16-25(28)29/h4-17H,3,27H2,1-2H3,(H,28,29). The van der Waals surface area contributed by atoms with E-state index in [-0.39, 0.29) is 0 Å². The Morgan fingerprint density at radius 3 is 2.17 bits per heavy atom. The van der Waals surface area contributed by atoms with Gasteiger partial charge in [0.25, 0.3) is 0 Å². The molecule has 3 rings (SSSR count). The fraction of sp³-hybridized carbons (Fsp3) is 0.115. The molecule has 0 aliphatic heterocycles. The van der Waals surface area contributed by atoms with Crippen molar-refractivity contribution in [3.05, 3.63) is 107 Å². The highest BCUT2D eigenvalue weighted by atomic mass is 16.4. The zero-order valence-electron chi connectivity index (χ0n) is 16.7. The Balaban J connectivity index is 2.19. The Bertz CT molecular complexity index is 1060. The van der Waals surface area contributed by atoms with Gasteiger partial charge in [0.05, 0.1) is 0 Å². The maximum Gasteiger partial charge on any atom is 0.328 e. The van der Waals surface area contributed by atoms with E-state index >= 15 is 0 Å². The van der Waals surface area contributed by atoms with Crippen LogP contribution in [0.1, 0.15) is 41.2 Å². The summed E-state index contributed by atoms with van der Waals surface area (Å²) in [5.41, 5.74) is 14.6. The van der Waals surface area contributed by atoms with E-state index in [9.17, 15) is 4.79 Å². The number of allylic oxidation sites excluding steroid dienone is 1. The molecule has 146 valence electrons. The molecule has 0 fully saturated rings. The highest BCUT2D eigenvalue weighted by Crippen LogP contribution is 2.35. The van der Waals surface area contributed by atoms with Gasteiger partial charge in [-0.1, -0.05) is 73.7 Å². The number of hydrogen-bond donors (Lipinski definition) is 2. The van der Waals surface area contributed by atoms with Gasteiger partial charge in [-0.3, -0.25) is 0 Å². The number of nitrogen functional groups attached to an aromatic ring is 1. The van der Waals surface area contributed by atoms with Gasteiger partial charge < -0.3 is 10.8 Å². The van der Waals surface area contributed by atoms with Gasteiger partial charge >= 0.3 is 5.97 Å². The van der Waals surface area contributed by atoms with Crippen molar-refractivity contribution in [1.82, 2.24) is 0 Å². The van der Waals surface area contributed by atoms with Crippen molar-refractivity contribution in [2.45, 2.75) is 20.3 Å². The van der Waals surface area contributed by atoms with Crippen LogP contribution in [0.15, 0.2) is 78.9 Å². The molecule has 3 heteroatoms. The van der Waals surface area contributed by atoms with Crippen LogP contribution in [-0.4, -0.2) is 11.1 Å². The van der Waals surface area contributed by atoms with Gasteiger partial charge in [-0.15, -0.1) is 0 Å². The number of benzene rings is 3. The molecule has 0 amide bonds. The van der Waals surface area contributed by atoms with Crippen LogP contribution < -0.4 is 5.73 Å².